The molecule has 0 atom stereocenters. The van der Waals surface area contributed by atoms with E-state index < -0.39 is 5.91 Å². The van der Waals surface area contributed by atoms with Gasteiger partial charge in [-0.25, -0.2) is 15.0 Å². The molecule has 138 valence electrons. The Hall–Kier alpha value is -4.00. The van der Waals surface area contributed by atoms with E-state index in [0.717, 1.165) is 39.0 Å². The fourth-order valence-electron chi connectivity index (χ4n) is 3.00. The van der Waals surface area contributed by atoms with Gasteiger partial charge >= 0.3 is 0 Å². The molecule has 0 fully saturated rings. The summed E-state index contributed by atoms with van der Waals surface area (Å²) in [5, 5.41) is 0.952. The Bertz CT molecular complexity index is 1180. The molecule has 1 aromatic carbocycles. The number of pyridine rings is 1. The minimum atomic E-state index is -0.505. The number of benzene rings is 1. The predicted octanol–water partition coefficient (Wildman–Crippen LogP) is 3.19. The smallest absolute Gasteiger partial charge is 0.241 e. The fraction of sp³-hybridized carbons (Fsp3) is 0.0476. The quantitative estimate of drug-likeness (QED) is 0.524. The zero-order valence-corrected chi connectivity index (χ0v) is 15.1. The van der Waals surface area contributed by atoms with E-state index in [1.165, 1.54) is 12.4 Å². The van der Waals surface area contributed by atoms with E-state index in [1.807, 2.05) is 36.5 Å². The van der Waals surface area contributed by atoms with Crippen LogP contribution >= 0.6 is 0 Å². The summed E-state index contributed by atoms with van der Waals surface area (Å²) in [5.41, 5.74) is 10.4. The molecule has 0 saturated heterocycles. The average molecular weight is 371 g/mol. The maximum absolute atomic E-state index is 11.1. The molecule has 0 aliphatic rings. The van der Waals surface area contributed by atoms with Gasteiger partial charge in [0, 0.05) is 41.2 Å². The highest BCUT2D eigenvalue weighted by Gasteiger charge is 2.11. The number of hydrogen-bond acceptors (Lipinski definition) is 5. The standard InChI is InChI=1S/C21H17N5O2/c1-28-16-7-13(2-3-20(22)27)6-14(8-16)15-9-17-18(11-25-21(17)24-10-15)19-4-5-23-12-26-19/h2-12H,1H3,(H2,22,27)(H,24,25). The van der Waals surface area contributed by atoms with Crippen molar-refractivity contribution in [3.05, 3.63) is 66.9 Å². The minimum Gasteiger partial charge on any atom is -0.497 e. The van der Waals surface area contributed by atoms with Gasteiger partial charge in [-0.2, -0.15) is 0 Å². The summed E-state index contributed by atoms with van der Waals surface area (Å²) < 4.78 is 5.40. The van der Waals surface area contributed by atoms with Crippen molar-refractivity contribution in [2.75, 3.05) is 7.11 Å². The number of aromatic nitrogens is 4. The van der Waals surface area contributed by atoms with Crippen molar-refractivity contribution in [2.45, 2.75) is 0 Å². The van der Waals surface area contributed by atoms with Gasteiger partial charge in [0.05, 0.1) is 12.8 Å². The summed E-state index contributed by atoms with van der Waals surface area (Å²) in [5.74, 6) is 0.168. The number of fused-ring (bicyclic) bond motifs is 1. The maximum Gasteiger partial charge on any atom is 0.241 e. The highest BCUT2D eigenvalue weighted by molar-refractivity contribution is 5.95. The Labute approximate surface area is 160 Å². The molecule has 0 spiro atoms. The van der Waals surface area contributed by atoms with E-state index in [9.17, 15) is 4.79 Å². The lowest BCUT2D eigenvalue weighted by Crippen LogP contribution is -2.05. The third-order valence-corrected chi connectivity index (χ3v) is 4.33. The first kappa shape index (κ1) is 17.4. The van der Waals surface area contributed by atoms with E-state index in [0.29, 0.717) is 5.75 Å². The van der Waals surface area contributed by atoms with Crippen LogP contribution in [0.1, 0.15) is 5.56 Å². The molecular weight excluding hydrogens is 354 g/mol. The number of primary amides is 1. The molecule has 3 N–H and O–H groups in total. The molecule has 3 heterocycles. The summed E-state index contributed by atoms with van der Waals surface area (Å²) in [4.78, 5) is 27.0. The number of rotatable bonds is 5. The maximum atomic E-state index is 11.1. The number of nitrogens with two attached hydrogens (primary N) is 1. The van der Waals surface area contributed by atoms with Crippen LogP contribution in [0, 0.1) is 0 Å². The van der Waals surface area contributed by atoms with Crippen LogP contribution in [-0.2, 0) is 4.79 Å². The minimum absolute atomic E-state index is 0.505. The topological polar surface area (TPSA) is 107 Å². The fourth-order valence-corrected chi connectivity index (χ4v) is 3.00. The van der Waals surface area contributed by atoms with Gasteiger partial charge in [0.1, 0.15) is 17.7 Å². The Kier molecular flexibility index (Phi) is 4.55. The number of carbonyl (C=O) groups is 1. The van der Waals surface area contributed by atoms with Crippen LogP contribution < -0.4 is 10.5 Å². The van der Waals surface area contributed by atoms with Crippen molar-refractivity contribution in [1.82, 2.24) is 19.9 Å². The van der Waals surface area contributed by atoms with Crippen molar-refractivity contribution >= 4 is 23.0 Å². The Morgan fingerprint density at radius 2 is 2.07 bits per heavy atom. The monoisotopic (exact) mass is 371 g/mol. The molecular formula is C21H17N5O2. The molecule has 0 aliphatic heterocycles. The lowest BCUT2D eigenvalue weighted by atomic mass is 10.0. The third-order valence-electron chi connectivity index (χ3n) is 4.33. The number of amides is 1. The van der Waals surface area contributed by atoms with Gasteiger partial charge in [0.15, 0.2) is 0 Å². The molecule has 7 nitrogen and oxygen atoms in total. The van der Waals surface area contributed by atoms with E-state index >= 15 is 0 Å². The van der Waals surface area contributed by atoms with Crippen molar-refractivity contribution in [1.29, 1.82) is 0 Å². The largest absolute Gasteiger partial charge is 0.497 e. The Morgan fingerprint density at radius 3 is 2.82 bits per heavy atom. The molecule has 0 aliphatic carbocycles. The van der Waals surface area contributed by atoms with Gasteiger partial charge in [-0.3, -0.25) is 4.79 Å². The molecule has 4 rings (SSSR count). The zero-order chi connectivity index (χ0) is 19.5. The van der Waals surface area contributed by atoms with Crippen LogP contribution in [0.4, 0.5) is 0 Å². The highest BCUT2D eigenvalue weighted by atomic mass is 16.5. The molecule has 0 radical (unpaired) electrons. The number of methoxy groups -OCH3 is 1. The number of carbonyl (C=O) groups excluding carboxylic acids is 1. The van der Waals surface area contributed by atoms with Gasteiger partial charge in [-0.15, -0.1) is 0 Å². The molecule has 0 saturated carbocycles. The number of nitrogens with one attached hydrogen (secondary N) is 1. The van der Waals surface area contributed by atoms with E-state index in [4.69, 9.17) is 10.5 Å². The normalized spacial score (nSPS) is 11.2. The van der Waals surface area contributed by atoms with Crippen molar-refractivity contribution in [3.8, 4) is 28.1 Å². The van der Waals surface area contributed by atoms with Crippen LogP contribution in [-0.4, -0.2) is 33.0 Å². The second-order valence-electron chi connectivity index (χ2n) is 6.15. The lowest BCUT2D eigenvalue weighted by Gasteiger charge is -2.08. The SMILES string of the molecule is COc1cc(C=CC(N)=O)cc(-c2cnc3[nH]cc(-c4ccncn4)c3c2)c1. The summed E-state index contributed by atoms with van der Waals surface area (Å²) in [7, 11) is 1.60. The summed E-state index contributed by atoms with van der Waals surface area (Å²) in [6.45, 7) is 0. The molecule has 4 aromatic rings. The first-order valence-electron chi connectivity index (χ1n) is 8.54. The molecule has 28 heavy (non-hydrogen) atoms. The first-order valence-corrected chi connectivity index (χ1v) is 8.54. The van der Waals surface area contributed by atoms with Crippen LogP contribution in [0.2, 0.25) is 0 Å². The van der Waals surface area contributed by atoms with Crippen LogP contribution in [0.5, 0.6) is 5.75 Å². The number of hydrogen-bond donors (Lipinski definition) is 2. The van der Waals surface area contributed by atoms with E-state index in [-0.39, 0.29) is 0 Å². The molecule has 0 unspecified atom stereocenters. The Balaban J connectivity index is 1.83. The summed E-state index contributed by atoms with van der Waals surface area (Å²) in [6, 6.07) is 9.60. The average Bonchev–Trinajstić information content (AvgIpc) is 3.16. The summed E-state index contributed by atoms with van der Waals surface area (Å²) in [6.07, 6.45) is 9.88. The highest BCUT2D eigenvalue weighted by Crippen LogP contribution is 2.32. The van der Waals surface area contributed by atoms with Crippen LogP contribution in [0.3, 0.4) is 0 Å². The van der Waals surface area contributed by atoms with Gasteiger partial charge in [0.2, 0.25) is 5.91 Å². The zero-order valence-electron chi connectivity index (χ0n) is 15.1. The number of nitrogens with zero attached hydrogens (tertiary/aromatic N) is 3. The number of aromatic amines is 1. The molecule has 1 amide bonds. The Morgan fingerprint density at radius 1 is 1.18 bits per heavy atom. The van der Waals surface area contributed by atoms with Crippen LogP contribution in [0.25, 0.3) is 39.5 Å². The van der Waals surface area contributed by atoms with Crippen molar-refractivity contribution in [2.24, 2.45) is 5.73 Å². The van der Waals surface area contributed by atoms with Crippen molar-refractivity contribution < 1.29 is 9.53 Å². The van der Waals surface area contributed by atoms with Crippen LogP contribution in [0.15, 0.2) is 61.3 Å². The molecule has 0 bridgehead atoms. The van der Waals surface area contributed by atoms with Gasteiger partial charge in [0.25, 0.3) is 0 Å². The first-order chi connectivity index (χ1) is 13.6. The van der Waals surface area contributed by atoms with Gasteiger partial charge in [-0.1, -0.05) is 0 Å². The number of H-pyrrole nitrogens is 1. The van der Waals surface area contributed by atoms with E-state index in [1.54, 1.807) is 25.6 Å². The van der Waals surface area contributed by atoms with E-state index in [2.05, 4.69) is 19.9 Å². The van der Waals surface area contributed by atoms with Gasteiger partial charge in [-0.05, 0) is 47.5 Å². The second-order valence-corrected chi connectivity index (χ2v) is 6.15. The molecule has 3 aromatic heterocycles. The van der Waals surface area contributed by atoms with Gasteiger partial charge < -0.3 is 15.5 Å². The third kappa shape index (κ3) is 3.45. The lowest BCUT2D eigenvalue weighted by molar-refractivity contribution is -0.113. The second kappa shape index (κ2) is 7.32. The van der Waals surface area contributed by atoms with Crippen molar-refractivity contribution in [3.63, 3.8) is 0 Å². The predicted molar refractivity (Wildman–Crippen MR) is 107 cm³/mol. The number of ether oxygens (including phenoxy) is 1. The summed E-state index contributed by atoms with van der Waals surface area (Å²) >= 11 is 0. The molecule has 7 heteroatoms.